The summed E-state index contributed by atoms with van der Waals surface area (Å²) in [6, 6.07) is 18.9. The molecule has 0 atom stereocenters. The van der Waals surface area contributed by atoms with Gasteiger partial charge in [0.25, 0.3) is 10.0 Å². The number of halogens is 1. The van der Waals surface area contributed by atoms with Crippen LogP contribution in [0.15, 0.2) is 71.6 Å². The van der Waals surface area contributed by atoms with Crippen molar-refractivity contribution < 1.29 is 17.9 Å². The minimum atomic E-state index is -4.12. The smallest absolute Gasteiger partial charge is 0.270 e. The van der Waals surface area contributed by atoms with Crippen molar-refractivity contribution in [1.82, 2.24) is 0 Å². The maximum atomic E-state index is 13.5. The van der Waals surface area contributed by atoms with Gasteiger partial charge in [-0.25, -0.2) is 12.7 Å². The molecule has 0 radical (unpaired) electrons. The number of carbonyl (C=O) groups is 1. The molecule has 0 aromatic heterocycles. The zero-order valence-corrected chi connectivity index (χ0v) is 22.0. The Morgan fingerprint density at radius 1 is 0.943 bits per heavy atom. The number of carbonyl (C=O) groups excluding carboxylic acids is 1. The standard InChI is InChI=1S/C28H32ClNO4S/c1-4-5-7-23-10-14-25(15-11-23)30(35(32,33)26-16-12-24(29)13-17-26)28(31)8-6-19-34-27-18-9-21(2)20-22(27)3/h9-18,20H,4-8,19H2,1-3H3. The molecule has 0 unspecified atom stereocenters. The van der Waals surface area contributed by atoms with Gasteiger partial charge in [0.1, 0.15) is 5.75 Å². The van der Waals surface area contributed by atoms with Crippen LogP contribution in [0.2, 0.25) is 5.02 Å². The number of nitrogens with zero attached hydrogens (tertiary/aromatic N) is 1. The number of sulfonamides is 1. The summed E-state index contributed by atoms with van der Waals surface area (Å²) in [6.45, 7) is 6.41. The highest BCUT2D eigenvalue weighted by atomic mass is 35.5. The van der Waals surface area contributed by atoms with Gasteiger partial charge in [0.15, 0.2) is 0 Å². The summed E-state index contributed by atoms with van der Waals surface area (Å²) < 4.78 is 33.7. The van der Waals surface area contributed by atoms with E-state index in [0.29, 0.717) is 23.7 Å². The van der Waals surface area contributed by atoms with Crippen LogP contribution in [0.25, 0.3) is 0 Å². The van der Waals surface area contributed by atoms with Crippen LogP contribution < -0.4 is 9.04 Å². The first kappa shape index (κ1) is 26.8. The van der Waals surface area contributed by atoms with Crippen LogP contribution in [0.5, 0.6) is 5.75 Å². The number of hydrogen-bond donors (Lipinski definition) is 0. The first-order valence-electron chi connectivity index (χ1n) is 11.8. The number of rotatable bonds is 11. The van der Waals surface area contributed by atoms with E-state index in [1.165, 1.54) is 24.3 Å². The first-order valence-corrected chi connectivity index (χ1v) is 13.7. The second-order valence-corrected chi connectivity index (χ2v) is 10.8. The molecule has 3 aromatic rings. The predicted molar refractivity (Wildman–Crippen MR) is 142 cm³/mol. The van der Waals surface area contributed by atoms with Gasteiger partial charge in [0.2, 0.25) is 5.91 Å². The second kappa shape index (κ2) is 12.2. The van der Waals surface area contributed by atoms with Crippen LogP contribution >= 0.6 is 11.6 Å². The van der Waals surface area contributed by atoms with E-state index in [4.69, 9.17) is 16.3 Å². The van der Waals surface area contributed by atoms with E-state index in [2.05, 4.69) is 6.92 Å². The lowest BCUT2D eigenvalue weighted by atomic mass is 10.1. The second-order valence-electron chi connectivity index (χ2n) is 8.61. The number of aryl methyl sites for hydroxylation is 3. The largest absolute Gasteiger partial charge is 0.493 e. The van der Waals surface area contributed by atoms with Crippen molar-refractivity contribution in [3.05, 3.63) is 88.4 Å². The van der Waals surface area contributed by atoms with Crippen molar-refractivity contribution in [3.63, 3.8) is 0 Å². The van der Waals surface area contributed by atoms with E-state index in [1.807, 2.05) is 44.2 Å². The molecule has 1 amide bonds. The number of hydrogen-bond acceptors (Lipinski definition) is 4. The highest BCUT2D eigenvalue weighted by molar-refractivity contribution is 7.93. The molecule has 0 saturated heterocycles. The molecular weight excluding hydrogens is 482 g/mol. The lowest BCUT2D eigenvalue weighted by Gasteiger charge is -2.23. The van der Waals surface area contributed by atoms with Gasteiger partial charge in [0.05, 0.1) is 17.2 Å². The average Bonchev–Trinajstić information content (AvgIpc) is 2.82. The van der Waals surface area contributed by atoms with Gasteiger partial charge in [-0.15, -0.1) is 0 Å². The lowest BCUT2D eigenvalue weighted by molar-refractivity contribution is -0.117. The Balaban J connectivity index is 1.79. The fraction of sp³-hybridized carbons (Fsp3) is 0.321. The number of unbranched alkanes of at least 4 members (excludes halogenated alkanes) is 1. The van der Waals surface area contributed by atoms with Crippen LogP contribution in [0.4, 0.5) is 5.69 Å². The highest BCUT2D eigenvalue weighted by Gasteiger charge is 2.30. The van der Waals surface area contributed by atoms with E-state index in [1.54, 1.807) is 12.1 Å². The Hall–Kier alpha value is -2.83. The van der Waals surface area contributed by atoms with E-state index >= 15 is 0 Å². The van der Waals surface area contributed by atoms with Gasteiger partial charge < -0.3 is 4.74 Å². The third kappa shape index (κ3) is 7.09. The monoisotopic (exact) mass is 513 g/mol. The predicted octanol–water partition coefficient (Wildman–Crippen LogP) is 6.88. The molecule has 0 aliphatic rings. The van der Waals surface area contributed by atoms with Crippen LogP contribution in [-0.2, 0) is 21.2 Å². The van der Waals surface area contributed by atoms with Gasteiger partial charge >= 0.3 is 0 Å². The zero-order valence-electron chi connectivity index (χ0n) is 20.5. The molecule has 7 heteroatoms. The molecule has 0 fully saturated rings. The molecule has 186 valence electrons. The summed E-state index contributed by atoms with van der Waals surface area (Å²) in [5.41, 5.74) is 3.59. The van der Waals surface area contributed by atoms with Crippen molar-refractivity contribution in [2.45, 2.75) is 57.8 Å². The quantitative estimate of drug-likeness (QED) is 0.262. The molecule has 0 heterocycles. The van der Waals surface area contributed by atoms with Crippen LogP contribution in [0.1, 0.15) is 49.3 Å². The molecule has 0 saturated carbocycles. The van der Waals surface area contributed by atoms with Crippen molar-refractivity contribution in [3.8, 4) is 5.75 Å². The highest BCUT2D eigenvalue weighted by Crippen LogP contribution is 2.27. The Morgan fingerprint density at radius 3 is 2.26 bits per heavy atom. The molecule has 3 aromatic carbocycles. The van der Waals surface area contributed by atoms with E-state index in [-0.39, 0.29) is 11.3 Å². The van der Waals surface area contributed by atoms with E-state index in [0.717, 1.165) is 46.0 Å². The van der Waals surface area contributed by atoms with Gasteiger partial charge in [-0.3, -0.25) is 4.79 Å². The Bertz CT molecular complexity index is 1240. The third-order valence-electron chi connectivity index (χ3n) is 5.69. The number of ether oxygens (including phenoxy) is 1. The van der Waals surface area contributed by atoms with Crippen molar-refractivity contribution in [2.75, 3.05) is 10.9 Å². The van der Waals surface area contributed by atoms with Crippen LogP contribution in [0.3, 0.4) is 0 Å². The summed E-state index contributed by atoms with van der Waals surface area (Å²) in [6.07, 6.45) is 3.43. The van der Waals surface area contributed by atoms with Gasteiger partial charge in [-0.05, 0) is 86.7 Å². The lowest BCUT2D eigenvalue weighted by Crippen LogP contribution is -2.37. The zero-order chi connectivity index (χ0) is 25.4. The van der Waals surface area contributed by atoms with Gasteiger partial charge in [0, 0.05) is 11.4 Å². The van der Waals surface area contributed by atoms with Crippen molar-refractivity contribution in [1.29, 1.82) is 0 Å². The number of benzene rings is 3. The Kier molecular flexibility index (Phi) is 9.35. The van der Waals surface area contributed by atoms with Gasteiger partial charge in [-0.2, -0.15) is 0 Å². The van der Waals surface area contributed by atoms with Crippen molar-refractivity contribution in [2.24, 2.45) is 0 Å². The molecule has 3 rings (SSSR count). The Morgan fingerprint density at radius 2 is 1.63 bits per heavy atom. The van der Waals surface area contributed by atoms with Crippen LogP contribution in [0, 0.1) is 13.8 Å². The maximum Gasteiger partial charge on any atom is 0.270 e. The first-order chi connectivity index (χ1) is 16.7. The molecule has 0 spiro atoms. The van der Waals surface area contributed by atoms with E-state index < -0.39 is 15.9 Å². The fourth-order valence-electron chi connectivity index (χ4n) is 3.78. The number of amides is 1. The third-order valence-corrected chi connectivity index (χ3v) is 7.71. The molecule has 0 bridgehead atoms. The van der Waals surface area contributed by atoms with Crippen LogP contribution in [-0.4, -0.2) is 20.9 Å². The molecule has 0 N–H and O–H groups in total. The summed E-state index contributed by atoms with van der Waals surface area (Å²) >= 11 is 5.95. The molecular formula is C28H32ClNO4S. The summed E-state index contributed by atoms with van der Waals surface area (Å²) in [5.74, 6) is 0.252. The number of anilines is 1. The molecule has 35 heavy (non-hydrogen) atoms. The summed E-state index contributed by atoms with van der Waals surface area (Å²) in [5, 5.41) is 0.422. The van der Waals surface area contributed by atoms with E-state index in [9.17, 15) is 13.2 Å². The average molecular weight is 514 g/mol. The minimum absolute atomic E-state index is 0.0110. The topological polar surface area (TPSA) is 63.7 Å². The maximum absolute atomic E-state index is 13.5. The molecule has 0 aliphatic carbocycles. The Labute approximate surface area is 213 Å². The summed E-state index contributed by atoms with van der Waals surface area (Å²) in [4.78, 5) is 13.3. The molecule has 5 nitrogen and oxygen atoms in total. The summed E-state index contributed by atoms with van der Waals surface area (Å²) in [7, 11) is -4.12. The van der Waals surface area contributed by atoms with Crippen molar-refractivity contribution >= 4 is 33.2 Å². The molecule has 0 aliphatic heterocycles. The minimum Gasteiger partial charge on any atom is -0.493 e. The van der Waals surface area contributed by atoms with Gasteiger partial charge in [-0.1, -0.05) is 54.8 Å². The fourth-order valence-corrected chi connectivity index (χ4v) is 5.35. The normalized spacial score (nSPS) is 11.3. The SMILES string of the molecule is CCCCc1ccc(N(C(=O)CCCOc2ccc(C)cc2C)S(=O)(=O)c2ccc(Cl)cc2)cc1.